The van der Waals surface area contributed by atoms with E-state index in [-0.39, 0.29) is 67.6 Å². The average molecular weight is 915 g/mol. The Morgan fingerprint density at radius 1 is 0.806 bits per heavy atom. The van der Waals surface area contributed by atoms with Crippen LogP contribution in [0.15, 0.2) is 83.7 Å². The summed E-state index contributed by atoms with van der Waals surface area (Å²) in [6, 6.07) is 21.5. The maximum atomic E-state index is 14.2. The number of benzene rings is 3. The van der Waals surface area contributed by atoms with Crippen molar-refractivity contribution in [3.8, 4) is 0 Å². The number of hydrogen-bond acceptors (Lipinski definition) is 8. The zero-order chi connectivity index (χ0) is 47.4. The molecular formula is C51H62N8O8. The monoisotopic (exact) mass is 914 g/mol. The molecule has 354 valence electrons. The number of imide groups is 1. The highest BCUT2D eigenvalue weighted by atomic mass is 16.2. The summed E-state index contributed by atoms with van der Waals surface area (Å²) in [5.74, 6) is -2.64. The third-order valence-corrected chi connectivity index (χ3v) is 14.6. The van der Waals surface area contributed by atoms with Gasteiger partial charge in [0.25, 0.3) is 0 Å². The molecule has 0 radical (unpaired) electrons. The molecule has 3 aromatic carbocycles. The summed E-state index contributed by atoms with van der Waals surface area (Å²) >= 11 is 0. The van der Waals surface area contributed by atoms with E-state index in [2.05, 4.69) is 16.0 Å². The van der Waals surface area contributed by atoms with Crippen LogP contribution in [0.1, 0.15) is 113 Å². The fourth-order valence-electron chi connectivity index (χ4n) is 10.9. The number of carbonyl (C=O) groups excluding carboxylic acids is 7. The molecule has 16 heteroatoms. The van der Waals surface area contributed by atoms with Crippen molar-refractivity contribution in [3.63, 3.8) is 0 Å². The van der Waals surface area contributed by atoms with Gasteiger partial charge in [-0.1, -0.05) is 73.7 Å². The van der Waals surface area contributed by atoms with Crippen LogP contribution >= 0.6 is 0 Å². The molecule has 5 N–H and O–H groups in total. The molecule has 8 rings (SSSR count). The van der Waals surface area contributed by atoms with Crippen LogP contribution in [-0.4, -0.2) is 91.5 Å². The van der Waals surface area contributed by atoms with Crippen LogP contribution in [0.4, 0.5) is 0 Å². The van der Waals surface area contributed by atoms with Gasteiger partial charge in [-0.25, -0.2) is 4.79 Å². The van der Waals surface area contributed by atoms with Crippen molar-refractivity contribution in [1.82, 2.24) is 34.9 Å². The Hall–Kier alpha value is -6.58. The highest BCUT2D eigenvalue weighted by molar-refractivity contribution is 6.00. The van der Waals surface area contributed by atoms with Gasteiger partial charge < -0.3 is 26.2 Å². The number of piperidine rings is 1. The van der Waals surface area contributed by atoms with Gasteiger partial charge in [-0.05, 0) is 105 Å². The van der Waals surface area contributed by atoms with Crippen LogP contribution in [0.2, 0.25) is 0 Å². The normalized spacial score (nSPS) is 23.8. The summed E-state index contributed by atoms with van der Waals surface area (Å²) < 4.78 is 3.05. The van der Waals surface area contributed by atoms with E-state index in [1.165, 1.54) is 4.57 Å². The molecule has 4 aliphatic rings. The zero-order valence-corrected chi connectivity index (χ0v) is 38.4. The van der Waals surface area contributed by atoms with E-state index < -0.39 is 53.7 Å². The number of imidazole rings is 1. The van der Waals surface area contributed by atoms with Gasteiger partial charge >= 0.3 is 5.69 Å². The van der Waals surface area contributed by atoms with Gasteiger partial charge in [0.2, 0.25) is 41.4 Å². The topological polar surface area (TPSA) is 215 Å². The van der Waals surface area contributed by atoms with Crippen LogP contribution in [0.3, 0.4) is 0 Å². The Labute approximate surface area is 390 Å². The molecule has 1 saturated carbocycles. The molecule has 3 aliphatic heterocycles. The smallest absolute Gasteiger partial charge is 0.329 e. The maximum absolute atomic E-state index is 14.2. The highest BCUT2D eigenvalue weighted by Gasteiger charge is 2.45. The summed E-state index contributed by atoms with van der Waals surface area (Å²) in [5, 5.41) is 8.33. The largest absolute Gasteiger partial charge is 0.370 e. The van der Waals surface area contributed by atoms with Crippen LogP contribution in [-0.2, 0) is 47.0 Å². The number of carbonyl (C=O) groups is 7. The molecule has 0 bridgehead atoms. The van der Waals surface area contributed by atoms with Gasteiger partial charge in [-0.15, -0.1) is 0 Å². The molecule has 4 fully saturated rings. The lowest BCUT2D eigenvalue weighted by molar-refractivity contribution is -0.148. The first-order chi connectivity index (χ1) is 32.3. The molecular weight excluding hydrogens is 853 g/mol. The average Bonchev–Trinajstić information content (AvgIpc) is 3.86. The van der Waals surface area contributed by atoms with Gasteiger partial charge in [-0.3, -0.25) is 48.0 Å². The molecule has 1 aliphatic carbocycles. The molecule has 1 aromatic heterocycles. The first-order valence-electron chi connectivity index (χ1n) is 23.9. The van der Waals surface area contributed by atoms with Crippen LogP contribution in [0.5, 0.6) is 0 Å². The zero-order valence-electron chi connectivity index (χ0n) is 38.4. The molecule has 5 atom stereocenters. The molecule has 3 saturated heterocycles. The Kier molecular flexibility index (Phi) is 14.4. The lowest BCUT2D eigenvalue weighted by Gasteiger charge is -2.39. The highest BCUT2D eigenvalue weighted by Crippen LogP contribution is 2.36. The molecule has 16 nitrogen and oxygen atoms in total. The Balaban J connectivity index is 0.850. The number of rotatable bonds is 14. The van der Waals surface area contributed by atoms with E-state index in [9.17, 15) is 38.4 Å². The van der Waals surface area contributed by atoms with Crippen molar-refractivity contribution in [1.29, 1.82) is 0 Å². The van der Waals surface area contributed by atoms with Gasteiger partial charge in [0.05, 0.1) is 23.0 Å². The standard InChI is InChI=1S/C51H62N8O8/c1-31-30-57(50(66)36-18-15-32(16-19-36)13-14-33-17-22-39-42(29-33)56(2)51(67)59(39)41-24-26-44(61)54-48(41)64)28-27-37-20-23-40(58(37)49(31)65)47(63)53-38(21-25-43(52)60)46(62)55-45(34-9-5-3-6-10-34)35-11-7-4-8-12-35/h3-12,17,22,29,31-32,36-38,40-41,45H,13-16,18-21,23-28,30H2,1-2H3,(H2,52,60)(H,53,63)(H,55,62)(H,54,61,64)/t31-,32-,36-,37+,38-,40-,41?/m0/s1. The summed E-state index contributed by atoms with van der Waals surface area (Å²) in [7, 11) is 1.70. The number of nitrogens with zero attached hydrogens (tertiary/aromatic N) is 4. The molecule has 67 heavy (non-hydrogen) atoms. The van der Waals surface area contributed by atoms with Crippen molar-refractivity contribution >= 4 is 52.4 Å². The predicted octanol–water partition coefficient (Wildman–Crippen LogP) is 3.94. The van der Waals surface area contributed by atoms with Crippen molar-refractivity contribution in [3.05, 3.63) is 106 Å². The van der Waals surface area contributed by atoms with Crippen molar-refractivity contribution in [2.75, 3.05) is 13.1 Å². The third-order valence-electron chi connectivity index (χ3n) is 14.6. The molecule has 1 unspecified atom stereocenters. The second kappa shape index (κ2) is 20.5. The van der Waals surface area contributed by atoms with E-state index in [0.717, 1.165) is 60.7 Å². The van der Waals surface area contributed by atoms with Crippen LogP contribution < -0.4 is 27.4 Å². The number of nitrogens with two attached hydrogens (primary N) is 1. The Bertz CT molecular complexity index is 2530. The number of primary amides is 1. The molecule has 7 amide bonds. The second-order valence-electron chi connectivity index (χ2n) is 19.1. The molecule has 4 heterocycles. The van der Waals surface area contributed by atoms with E-state index in [1.807, 2.05) is 90.7 Å². The summed E-state index contributed by atoms with van der Waals surface area (Å²) in [6.45, 7) is 2.55. The van der Waals surface area contributed by atoms with Crippen LogP contribution in [0, 0.1) is 17.8 Å². The van der Waals surface area contributed by atoms with Crippen LogP contribution in [0.25, 0.3) is 11.0 Å². The number of hydrogen-bond donors (Lipinski definition) is 4. The lowest BCUT2D eigenvalue weighted by Crippen LogP contribution is -2.57. The quantitative estimate of drug-likeness (QED) is 0.136. The lowest BCUT2D eigenvalue weighted by atomic mass is 9.79. The summed E-state index contributed by atoms with van der Waals surface area (Å²) in [5.41, 5.74) is 9.40. The fourth-order valence-corrected chi connectivity index (χ4v) is 10.9. The maximum Gasteiger partial charge on any atom is 0.329 e. The summed E-state index contributed by atoms with van der Waals surface area (Å²) in [4.78, 5) is 109. The summed E-state index contributed by atoms with van der Waals surface area (Å²) in [6.07, 6.45) is 6.99. The van der Waals surface area contributed by atoms with E-state index in [4.69, 9.17) is 5.73 Å². The number of nitrogens with one attached hydrogen (secondary N) is 3. The second-order valence-corrected chi connectivity index (χ2v) is 19.1. The SMILES string of the molecule is C[C@H]1CN(C(=O)[C@H]2CC[C@H](CCc3ccc4c(c3)n(C)c(=O)n4C3CCC(=O)NC3=O)CC2)CC[C@H]2CC[C@@H](C(=O)N[C@@H](CCC(N)=O)C(=O)NC(c3ccccc3)c3ccccc3)N2C1=O. The van der Waals surface area contributed by atoms with E-state index in [1.54, 1.807) is 16.5 Å². The number of aromatic nitrogens is 2. The first kappa shape index (κ1) is 46.9. The minimum atomic E-state index is -1.08. The minimum Gasteiger partial charge on any atom is -0.370 e. The van der Waals surface area contributed by atoms with Gasteiger partial charge in [0.15, 0.2) is 0 Å². The van der Waals surface area contributed by atoms with E-state index >= 15 is 0 Å². The van der Waals surface area contributed by atoms with Gasteiger partial charge in [0, 0.05) is 44.9 Å². The first-order valence-corrected chi connectivity index (χ1v) is 23.9. The number of fused-ring (bicyclic) bond motifs is 2. The van der Waals surface area contributed by atoms with Gasteiger partial charge in [0.1, 0.15) is 18.1 Å². The fraction of sp³-hybridized carbons (Fsp3) is 0.490. The van der Waals surface area contributed by atoms with Crippen molar-refractivity contribution in [2.24, 2.45) is 30.5 Å². The van der Waals surface area contributed by atoms with E-state index in [0.29, 0.717) is 37.2 Å². The third kappa shape index (κ3) is 10.4. The number of aryl methyl sites for hydroxylation is 2. The minimum absolute atomic E-state index is 0.00699. The number of amides is 7. The van der Waals surface area contributed by atoms with Crippen molar-refractivity contribution < 1.29 is 33.6 Å². The van der Waals surface area contributed by atoms with Crippen molar-refractivity contribution in [2.45, 2.75) is 121 Å². The Morgan fingerprint density at radius 2 is 1.49 bits per heavy atom. The predicted molar refractivity (Wildman–Crippen MR) is 250 cm³/mol. The Morgan fingerprint density at radius 3 is 2.15 bits per heavy atom. The molecule has 0 spiro atoms. The molecule has 4 aromatic rings. The van der Waals surface area contributed by atoms with Gasteiger partial charge in [-0.2, -0.15) is 0 Å².